The first-order valence-corrected chi connectivity index (χ1v) is 14.7. The van der Waals surface area contributed by atoms with Crippen molar-refractivity contribution in [2.75, 3.05) is 0 Å². The number of carbonyl (C=O) groups is 3. The molecule has 0 aliphatic heterocycles. The molecule has 1 N–H and O–H groups in total. The third-order valence-corrected chi connectivity index (χ3v) is 13.2. The number of nitrogens with zero attached hydrogens (tertiary/aromatic N) is 1. The predicted molar refractivity (Wildman–Crippen MR) is 146 cm³/mol. The zero-order valence-corrected chi connectivity index (χ0v) is 24.7. The van der Waals surface area contributed by atoms with Crippen molar-refractivity contribution in [1.29, 1.82) is 0 Å². The van der Waals surface area contributed by atoms with Crippen molar-refractivity contribution in [3.63, 3.8) is 0 Å². The highest BCUT2D eigenvalue weighted by molar-refractivity contribution is 5.97. The molecule has 4 saturated carbocycles. The fourth-order valence-electron chi connectivity index (χ4n) is 10.5. The molecule has 8 atom stereocenters. The zero-order chi connectivity index (χ0) is 28.1. The van der Waals surface area contributed by atoms with Crippen molar-refractivity contribution in [3.8, 4) is 0 Å². The van der Waals surface area contributed by atoms with E-state index in [9.17, 15) is 19.5 Å². The van der Waals surface area contributed by atoms with Crippen LogP contribution in [0.15, 0.2) is 16.8 Å². The average Bonchev–Trinajstić information content (AvgIpc) is 2.80. The van der Waals surface area contributed by atoms with Crippen LogP contribution in [0.3, 0.4) is 0 Å². The van der Waals surface area contributed by atoms with Crippen LogP contribution in [0.25, 0.3) is 0 Å². The highest BCUT2D eigenvalue weighted by Crippen LogP contribution is 2.74. The average molecular weight is 526 g/mol. The van der Waals surface area contributed by atoms with Gasteiger partial charge in [0.15, 0.2) is 5.78 Å². The summed E-state index contributed by atoms with van der Waals surface area (Å²) < 4.78 is 0. The van der Waals surface area contributed by atoms with Gasteiger partial charge >= 0.3 is 11.9 Å². The minimum absolute atomic E-state index is 0.0553. The van der Waals surface area contributed by atoms with Crippen molar-refractivity contribution < 1.29 is 24.3 Å². The number of hydrogen-bond acceptors (Lipinski definition) is 5. The number of rotatable bonds is 2. The molecule has 0 aromatic rings. The molecule has 0 aromatic carbocycles. The molecule has 38 heavy (non-hydrogen) atoms. The lowest BCUT2D eigenvalue weighted by molar-refractivity contribution is -0.176. The third kappa shape index (κ3) is 3.49. The van der Waals surface area contributed by atoms with Gasteiger partial charge in [0.1, 0.15) is 0 Å². The second-order valence-corrected chi connectivity index (χ2v) is 15.4. The molecule has 0 saturated heterocycles. The Labute approximate surface area is 228 Å². The SMILES string of the molecule is CC(=O)O/N=C1\CC[C@]2(C)C3C(=O)C=C4[C@@H]5C[C@](C)(C(=O)O)CC[C@]5(C)CC[C@@]4(C)[C@]3(C)CC[C@H]2C1(C)C. The van der Waals surface area contributed by atoms with Crippen molar-refractivity contribution in [2.24, 2.45) is 55.4 Å². The van der Waals surface area contributed by atoms with Crippen LogP contribution in [0.1, 0.15) is 113 Å². The van der Waals surface area contributed by atoms with Crippen LogP contribution in [-0.4, -0.2) is 28.5 Å². The first-order valence-electron chi connectivity index (χ1n) is 14.7. The topological polar surface area (TPSA) is 93.0 Å². The van der Waals surface area contributed by atoms with Gasteiger partial charge in [0.25, 0.3) is 0 Å². The summed E-state index contributed by atoms with van der Waals surface area (Å²) >= 11 is 0. The van der Waals surface area contributed by atoms with E-state index >= 15 is 0 Å². The van der Waals surface area contributed by atoms with Crippen molar-refractivity contribution >= 4 is 23.4 Å². The van der Waals surface area contributed by atoms with Gasteiger partial charge < -0.3 is 9.94 Å². The lowest BCUT2D eigenvalue weighted by Gasteiger charge is -2.70. The molecular formula is C32H47NO5. The Morgan fingerprint density at radius 2 is 1.63 bits per heavy atom. The third-order valence-electron chi connectivity index (χ3n) is 13.2. The first kappa shape index (κ1) is 27.6. The molecule has 4 fully saturated rings. The molecule has 0 amide bonds. The minimum Gasteiger partial charge on any atom is -0.481 e. The number of carbonyl (C=O) groups excluding carboxylic acids is 2. The standard InChI is InChI=1S/C32H47NO5/c1-19(34)38-33-24-10-11-30(6)23(27(24,2)3)9-12-32(8)25(30)22(35)17-20-21-18-29(5,26(36)37)14-13-28(21,4)15-16-31(20,32)7/h17,21,23,25H,9-16,18H2,1-8H3,(H,36,37)/b33-24+/t21-,23-,25?,28+,29+,30-,31+,32+/m0/s1. The molecule has 6 nitrogen and oxygen atoms in total. The molecule has 1 unspecified atom stereocenters. The van der Waals surface area contributed by atoms with E-state index in [1.807, 2.05) is 13.0 Å². The summed E-state index contributed by atoms with van der Waals surface area (Å²) in [5.41, 5.74) is 0.724. The van der Waals surface area contributed by atoms with Gasteiger partial charge in [-0.25, -0.2) is 4.79 Å². The van der Waals surface area contributed by atoms with Gasteiger partial charge in [-0.15, -0.1) is 0 Å². The van der Waals surface area contributed by atoms with E-state index in [2.05, 4.69) is 46.7 Å². The van der Waals surface area contributed by atoms with Crippen LogP contribution in [0.4, 0.5) is 0 Å². The molecule has 0 aromatic heterocycles. The molecule has 6 heteroatoms. The quantitative estimate of drug-likeness (QED) is 0.310. The Hall–Kier alpha value is -1.98. The van der Waals surface area contributed by atoms with E-state index in [-0.39, 0.29) is 50.6 Å². The Bertz CT molecular complexity index is 1150. The molecule has 0 radical (unpaired) electrons. The molecule has 0 heterocycles. The molecule has 210 valence electrons. The number of aliphatic carboxylic acids is 1. The highest BCUT2D eigenvalue weighted by atomic mass is 16.7. The number of fused-ring (bicyclic) bond motifs is 7. The lowest BCUT2D eigenvalue weighted by Crippen LogP contribution is -2.66. The maximum Gasteiger partial charge on any atom is 0.331 e. The Kier molecular flexibility index (Phi) is 6.00. The normalized spacial score (nSPS) is 48.6. The monoisotopic (exact) mass is 525 g/mol. The summed E-state index contributed by atoms with van der Waals surface area (Å²) in [6.07, 6.45) is 9.91. The lowest BCUT2D eigenvalue weighted by atomic mass is 9.33. The van der Waals surface area contributed by atoms with Gasteiger partial charge in [0, 0.05) is 18.3 Å². The molecule has 5 rings (SSSR count). The van der Waals surface area contributed by atoms with E-state index in [4.69, 9.17) is 4.84 Å². The molecule has 5 aliphatic rings. The summed E-state index contributed by atoms with van der Waals surface area (Å²) in [6.45, 7) is 17.1. The number of allylic oxidation sites excluding steroid dienone is 2. The summed E-state index contributed by atoms with van der Waals surface area (Å²) in [4.78, 5) is 43.2. The van der Waals surface area contributed by atoms with Crippen LogP contribution < -0.4 is 0 Å². The molecule has 0 spiro atoms. The molecular weight excluding hydrogens is 478 g/mol. The van der Waals surface area contributed by atoms with Gasteiger partial charge in [-0.1, -0.05) is 52.3 Å². The Morgan fingerprint density at radius 3 is 2.26 bits per heavy atom. The first-order chi connectivity index (χ1) is 17.4. The summed E-state index contributed by atoms with van der Waals surface area (Å²) in [7, 11) is 0. The number of oxime groups is 1. The van der Waals surface area contributed by atoms with E-state index in [0.717, 1.165) is 50.7 Å². The predicted octanol–water partition coefficient (Wildman–Crippen LogP) is 6.97. The summed E-state index contributed by atoms with van der Waals surface area (Å²) in [5.74, 6) is -0.559. The van der Waals surface area contributed by atoms with Crippen LogP contribution in [0.5, 0.6) is 0 Å². The van der Waals surface area contributed by atoms with Crippen molar-refractivity contribution in [3.05, 3.63) is 11.6 Å². The second kappa shape index (κ2) is 8.27. The van der Waals surface area contributed by atoms with Crippen LogP contribution in [0, 0.1) is 50.2 Å². The van der Waals surface area contributed by atoms with Crippen molar-refractivity contribution in [1.82, 2.24) is 0 Å². The minimum atomic E-state index is -0.737. The van der Waals surface area contributed by atoms with Crippen LogP contribution in [0.2, 0.25) is 0 Å². The van der Waals surface area contributed by atoms with Gasteiger partial charge in [-0.2, -0.15) is 0 Å². The Balaban J connectivity index is 1.57. The smallest absolute Gasteiger partial charge is 0.331 e. The number of carboxylic acids is 1. The van der Waals surface area contributed by atoms with E-state index in [0.29, 0.717) is 12.8 Å². The van der Waals surface area contributed by atoms with Crippen LogP contribution >= 0.6 is 0 Å². The molecule has 5 aliphatic carbocycles. The van der Waals surface area contributed by atoms with Gasteiger partial charge in [-0.3, -0.25) is 9.59 Å². The highest BCUT2D eigenvalue weighted by Gasteiger charge is 2.70. The van der Waals surface area contributed by atoms with E-state index in [1.54, 1.807) is 0 Å². The summed E-state index contributed by atoms with van der Waals surface area (Å²) in [5, 5.41) is 14.4. The Morgan fingerprint density at radius 1 is 0.974 bits per heavy atom. The maximum absolute atomic E-state index is 14.4. The van der Waals surface area contributed by atoms with E-state index in [1.165, 1.54) is 12.5 Å². The van der Waals surface area contributed by atoms with Crippen molar-refractivity contribution in [2.45, 2.75) is 113 Å². The van der Waals surface area contributed by atoms with Crippen LogP contribution in [-0.2, 0) is 19.2 Å². The largest absolute Gasteiger partial charge is 0.481 e. The zero-order valence-electron chi connectivity index (χ0n) is 24.7. The number of hydrogen-bond donors (Lipinski definition) is 1. The molecule has 0 bridgehead atoms. The van der Waals surface area contributed by atoms with Gasteiger partial charge in [-0.05, 0) is 104 Å². The fourth-order valence-corrected chi connectivity index (χ4v) is 10.5. The van der Waals surface area contributed by atoms with Gasteiger partial charge in [0.2, 0.25) is 0 Å². The fraction of sp³-hybridized carbons (Fsp3) is 0.812. The second-order valence-electron chi connectivity index (χ2n) is 15.4. The number of ketones is 1. The van der Waals surface area contributed by atoms with E-state index < -0.39 is 17.4 Å². The van der Waals surface area contributed by atoms with Gasteiger partial charge in [0.05, 0.1) is 11.1 Å². The maximum atomic E-state index is 14.4. The summed E-state index contributed by atoms with van der Waals surface area (Å²) in [6, 6.07) is 0. The number of carboxylic acid groups (broad SMARTS) is 1.